The van der Waals surface area contributed by atoms with Gasteiger partial charge in [-0.3, -0.25) is 14.9 Å². The predicted molar refractivity (Wildman–Crippen MR) is 89.0 cm³/mol. The summed E-state index contributed by atoms with van der Waals surface area (Å²) in [6, 6.07) is 12.0. The van der Waals surface area contributed by atoms with Crippen LogP contribution in [0, 0.1) is 15.9 Å². The lowest BCUT2D eigenvalue weighted by molar-refractivity contribution is -0.384. The number of halogens is 1. The first-order valence-electron chi connectivity index (χ1n) is 6.87. The molecule has 0 aromatic heterocycles. The van der Waals surface area contributed by atoms with E-state index in [1.54, 1.807) is 18.2 Å². The minimum atomic E-state index is -0.447. The van der Waals surface area contributed by atoms with Crippen molar-refractivity contribution >= 4 is 29.0 Å². The number of hydrogen-bond donors (Lipinski definition) is 1. The topological polar surface area (TPSA) is 72.2 Å². The first-order valence-corrected chi connectivity index (χ1v) is 7.92. The number of nitrogens with zero attached hydrogens (tertiary/aromatic N) is 1. The van der Waals surface area contributed by atoms with Gasteiger partial charge in [0.15, 0.2) is 0 Å². The predicted octanol–water partition coefficient (Wildman–Crippen LogP) is 4.17. The summed E-state index contributed by atoms with van der Waals surface area (Å²) in [5.74, 6) is -0.501. The molecular formula is C16H15FN2O3S. The van der Waals surface area contributed by atoms with E-state index < -0.39 is 10.7 Å². The fourth-order valence-corrected chi connectivity index (χ4v) is 2.76. The molecule has 0 aliphatic heterocycles. The third-order valence-electron chi connectivity index (χ3n) is 3.12. The summed E-state index contributed by atoms with van der Waals surface area (Å²) < 4.78 is 13.0. The number of amides is 1. The maximum atomic E-state index is 13.0. The van der Waals surface area contributed by atoms with Gasteiger partial charge in [0.2, 0.25) is 5.91 Å². The molecule has 2 aromatic rings. The summed E-state index contributed by atoms with van der Waals surface area (Å²) in [5.41, 5.74) is 1.21. The van der Waals surface area contributed by atoms with Crippen LogP contribution in [0.15, 0.2) is 48.5 Å². The maximum absolute atomic E-state index is 13.0. The van der Waals surface area contributed by atoms with Crippen molar-refractivity contribution in [1.82, 2.24) is 0 Å². The maximum Gasteiger partial charge on any atom is 0.269 e. The molecule has 0 fully saturated rings. The van der Waals surface area contributed by atoms with Crippen molar-refractivity contribution in [3.63, 3.8) is 0 Å². The number of benzene rings is 2. The molecule has 2 rings (SSSR count). The van der Waals surface area contributed by atoms with Gasteiger partial charge < -0.3 is 5.32 Å². The van der Waals surface area contributed by atoms with E-state index in [0.717, 1.165) is 5.56 Å². The molecule has 7 heteroatoms. The van der Waals surface area contributed by atoms with Gasteiger partial charge in [-0.2, -0.15) is 0 Å². The first-order chi connectivity index (χ1) is 11.0. The van der Waals surface area contributed by atoms with Crippen molar-refractivity contribution in [2.45, 2.75) is 12.2 Å². The minimum absolute atomic E-state index is 0.0270. The van der Waals surface area contributed by atoms with E-state index in [1.807, 2.05) is 6.92 Å². The van der Waals surface area contributed by atoms with Crippen molar-refractivity contribution in [3.05, 3.63) is 70.0 Å². The number of carbonyl (C=O) groups is 1. The van der Waals surface area contributed by atoms with Crippen LogP contribution in [0.5, 0.6) is 0 Å². The minimum Gasteiger partial charge on any atom is -0.325 e. The van der Waals surface area contributed by atoms with E-state index in [0.29, 0.717) is 5.69 Å². The van der Waals surface area contributed by atoms with Gasteiger partial charge in [0.05, 0.1) is 10.7 Å². The number of non-ortho nitro benzene ring substituents is 1. The molecule has 0 bridgehead atoms. The highest BCUT2D eigenvalue weighted by atomic mass is 32.2. The number of anilines is 1. The van der Waals surface area contributed by atoms with Crippen molar-refractivity contribution < 1.29 is 14.1 Å². The Bertz CT molecular complexity index is 724. The number of carbonyl (C=O) groups excluding carboxylic acids is 1. The Hall–Kier alpha value is -2.41. The van der Waals surface area contributed by atoms with E-state index in [9.17, 15) is 19.3 Å². The van der Waals surface area contributed by atoms with Crippen molar-refractivity contribution in [1.29, 1.82) is 0 Å². The second-order valence-corrected chi connectivity index (χ2v) is 6.19. The Labute approximate surface area is 137 Å². The van der Waals surface area contributed by atoms with Crippen LogP contribution in [0.2, 0.25) is 0 Å². The molecular weight excluding hydrogens is 319 g/mol. The molecule has 1 N–H and O–H groups in total. The standard InChI is InChI=1S/C16H15FN2O3S/c1-11(12-4-2-7-15(8-12)19(21)22)23-10-16(20)18-14-6-3-5-13(17)9-14/h2-9,11H,10H2,1H3,(H,18,20)/t11-/m0/s1. The van der Waals surface area contributed by atoms with Crippen molar-refractivity contribution in [2.75, 3.05) is 11.1 Å². The summed E-state index contributed by atoms with van der Waals surface area (Å²) in [4.78, 5) is 22.2. The van der Waals surface area contributed by atoms with E-state index in [2.05, 4.69) is 5.32 Å². The average Bonchev–Trinajstić information content (AvgIpc) is 2.52. The molecule has 23 heavy (non-hydrogen) atoms. The molecule has 1 amide bonds. The average molecular weight is 334 g/mol. The quantitative estimate of drug-likeness (QED) is 0.636. The summed E-state index contributed by atoms with van der Waals surface area (Å²) in [6.07, 6.45) is 0. The van der Waals surface area contributed by atoms with Gasteiger partial charge in [-0.05, 0) is 30.7 Å². The number of thioether (sulfide) groups is 1. The highest BCUT2D eigenvalue weighted by Gasteiger charge is 2.13. The third kappa shape index (κ3) is 5.07. The van der Waals surface area contributed by atoms with Gasteiger partial charge in [0, 0.05) is 23.1 Å². The first kappa shape index (κ1) is 17.0. The Balaban J connectivity index is 1.91. The van der Waals surface area contributed by atoms with Crippen molar-refractivity contribution in [3.8, 4) is 0 Å². The largest absolute Gasteiger partial charge is 0.325 e. The Kier molecular flexibility index (Phi) is 5.70. The lowest BCUT2D eigenvalue weighted by Crippen LogP contribution is -2.14. The van der Waals surface area contributed by atoms with E-state index in [4.69, 9.17) is 0 Å². The van der Waals surface area contributed by atoms with Crippen LogP contribution in [-0.2, 0) is 4.79 Å². The van der Waals surface area contributed by atoms with E-state index in [1.165, 1.54) is 42.1 Å². The third-order valence-corrected chi connectivity index (χ3v) is 4.32. The number of nitro benzene ring substituents is 1. The Morgan fingerprint density at radius 3 is 2.74 bits per heavy atom. The van der Waals surface area contributed by atoms with Crippen LogP contribution in [0.3, 0.4) is 0 Å². The van der Waals surface area contributed by atoms with Gasteiger partial charge in [-0.15, -0.1) is 11.8 Å². The normalized spacial score (nSPS) is 11.7. The molecule has 120 valence electrons. The van der Waals surface area contributed by atoms with Gasteiger partial charge in [0.25, 0.3) is 5.69 Å². The van der Waals surface area contributed by atoms with E-state index in [-0.39, 0.29) is 22.6 Å². The van der Waals surface area contributed by atoms with Crippen LogP contribution in [0.25, 0.3) is 0 Å². The van der Waals surface area contributed by atoms with Crippen LogP contribution in [0.4, 0.5) is 15.8 Å². The highest BCUT2D eigenvalue weighted by Crippen LogP contribution is 2.30. The molecule has 0 unspecified atom stereocenters. The summed E-state index contributed by atoms with van der Waals surface area (Å²) >= 11 is 1.35. The number of hydrogen-bond acceptors (Lipinski definition) is 4. The summed E-state index contributed by atoms with van der Waals surface area (Å²) in [7, 11) is 0. The lowest BCUT2D eigenvalue weighted by atomic mass is 10.1. The van der Waals surface area contributed by atoms with E-state index >= 15 is 0 Å². The number of nitrogens with one attached hydrogen (secondary N) is 1. The molecule has 1 atom stereocenters. The fraction of sp³-hybridized carbons (Fsp3) is 0.188. The molecule has 0 radical (unpaired) electrons. The zero-order valence-electron chi connectivity index (χ0n) is 12.4. The SMILES string of the molecule is C[C@H](SCC(=O)Nc1cccc(F)c1)c1cccc([N+](=O)[O-])c1. The molecule has 0 saturated carbocycles. The van der Waals surface area contributed by atoms with Crippen LogP contribution in [-0.4, -0.2) is 16.6 Å². The van der Waals surface area contributed by atoms with Crippen molar-refractivity contribution in [2.24, 2.45) is 0 Å². The van der Waals surface area contributed by atoms with Gasteiger partial charge in [-0.1, -0.05) is 18.2 Å². The molecule has 0 saturated heterocycles. The molecule has 0 aliphatic carbocycles. The second-order valence-electron chi connectivity index (χ2n) is 4.86. The summed E-state index contributed by atoms with van der Waals surface area (Å²) in [5, 5.41) is 13.3. The Morgan fingerprint density at radius 1 is 1.30 bits per heavy atom. The molecule has 0 spiro atoms. The van der Waals surface area contributed by atoms with Gasteiger partial charge >= 0.3 is 0 Å². The zero-order valence-corrected chi connectivity index (χ0v) is 13.2. The zero-order chi connectivity index (χ0) is 16.8. The molecule has 0 aliphatic rings. The molecule has 5 nitrogen and oxygen atoms in total. The Morgan fingerprint density at radius 2 is 2.04 bits per heavy atom. The number of rotatable bonds is 6. The molecule has 0 heterocycles. The van der Waals surface area contributed by atoms with Gasteiger partial charge in [0.1, 0.15) is 5.82 Å². The van der Waals surface area contributed by atoms with Crippen LogP contribution < -0.4 is 5.32 Å². The fourth-order valence-electron chi connectivity index (χ4n) is 1.95. The molecule has 2 aromatic carbocycles. The van der Waals surface area contributed by atoms with Crippen LogP contribution >= 0.6 is 11.8 Å². The van der Waals surface area contributed by atoms with Crippen LogP contribution in [0.1, 0.15) is 17.7 Å². The van der Waals surface area contributed by atoms with Gasteiger partial charge in [-0.25, -0.2) is 4.39 Å². The lowest BCUT2D eigenvalue weighted by Gasteiger charge is -2.11. The summed E-state index contributed by atoms with van der Waals surface area (Å²) in [6.45, 7) is 1.87. The second kappa shape index (κ2) is 7.73. The highest BCUT2D eigenvalue weighted by molar-refractivity contribution is 8.00. The monoisotopic (exact) mass is 334 g/mol. The smallest absolute Gasteiger partial charge is 0.269 e. The number of nitro groups is 1.